The van der Waals surface area contributed by atoms with Crippen molar-refractivity contribution in [1.82, 2.24) is 9.80 Å². The Morgan fingerprint density at radius 1 is 1.04 bits per heavy atom. The summed E-state index contributed by atoms with van der Waals surface area (Å²) in [7, 11) is 0. The molecule has 0 unspecified atom stereocenters. The molecule has 1 amide bonds. The van der Waals surface area contributed by atoms with Gasteiger partial charge in [-0.1, -0.05) is 32.1 Å². The van der Waals surface area contributed by atoms with Crippen LogP contribution in [0.15, 0.2) is 0 Å². The number of β-amino-alcohol motifs (C(OH)–C–C–N with tert-alkyl or cyclic N) is 1. The van der Waals surface area contributed by atoms with Crippen LogP contribution in [-0.4, -0.2) is 58.6 Å². The molecule has 0 bridgehead atoms. The highest BCUT2D eigenvalue weighted by molar-refractivity contribution is 5.73. The first-order valence-corrected chi connectivity index (χ1v) is 9.79. The molecule has 23 heavy (non-hydrogen) atoms. The van der Waals surface area contributed by atoms with Crippen LogP contribution >= 0.6 is 0 Å². The number of nitrogens with zero attached hydrogens (tertiary/aromatic N) is 2. The summed E-state index contributed by atoms with van der Waals surface area (Å²) in [5.41, 5.74) is -0.469. The Balaban J connectivity index is 1.67. The van der Waals surface area contributed by atoms with Gasteiger partial charge in [-0.2, -0.15) is 0 Å². The van der Waals surface area contributed by atoms with Crippen molar-refractivity contribution in [3.8, 4) is 0 Å². The lowest BCUT2D eigenvalue weighted by Crippen LogP contribution is -2.55. The average Bonchev–Trinajstić information content (AvgIpc) is 2.85. The van der Waals surface area contributed by atoms with Gasteiger partial charge in [0, 0.05) is 32.6 Å². The number of hydrogen-bond acceptors (Lipinski definition) is 3. The first kappa shape index (κ1) is 17.2. The Kier molecular flexibility index (Phi) is 5.63. The van der Waals surface area contributed by atoms with Crippen molar-refractivity contribution in [3.63, 3.8) is 0 Å². The maximum absolute atomic E-state index is 11.7. The maximum Gasteiger partial charge on any atom is 0.219 e. The first-order valence-electron chi connectivity index (χ1n) is 9.79. The summed E-state index contributed by atoms with van der Waals surface area (Å²) in [6.07, 6.45) is 11.7. The molecule has 4 heteroatoms. The molecule has 132 valence electrons. The lowest BCUT2D eigenvalue weighted by molar-refractivity contribution is -0.132. The van der Waals surface area contributed by atoms with Gasteiger partial charge in [-0.25, -0.2) is 0 Å². The van der Waals surface area contributed by atoms with E-state index in [1.54, 1.807) is 6.92 Å². The standard InChI is InChI=1S/C19H34N2O2/c1-16(22)20-13-9-18-17(14-20)8-4-7-12-21(18)15-19(23)10-5-2-3-6-11-19/h17-18,23H,2-15H2,1H3/t17-,18+/m1/s1. The predicted molar refractivity (Wildman–Crippen MR) is 92.2 cm³/mol. The van der Waals surface area contributed by atoms with E-state index in [1.165, 1.54) is 44.9 Å². The summed E-state index contributed by atoms with van der Waals surface area (Å²) in [5, 5.41) is 11.1. The van der Waals surface area contributed by atoms with Crippen molar-refractivity contribution < 1.29 is 9.90 Å². The Morgan fingerprint density at radius 3 is 2.48 bits per heavy atom. The van der Waals surface area contributed by atoms with Crippen molar-refractivity contribution in [1.29, 1.82) is 0 Å². The van der Waals surface area contributed by atoms with E-state index >= 15 is 0 Å². The van der Waals surface area contributed by atoms with Gasteiger partial charge in [-0.05, 0) is 44.6 Å². The van der Waals surface area contributed by atoms with E-state index in [-0.39, 0.29) is 5.91 Å². The Morgan fingerprint density at radius 2 is 1.78 bits per heavy atom. The second-order valence-corrected chi connectivity index (χ2v) is 8.19. The van der Waals surface area contributed by atoms with Crippen LogP contribution in [0.5, 0.6) is 0 Å². The zero-order chi connectivity index (χ0) is 16.3. The van der Waals surface area contributed by atoms with Crippen LogP contribution in [0.25, 0.3) is 0 Å². The lowest BCUT2D eigenvalue weighted by atomic mass is 9.86. The zero-order valence-electron chi connectivity index (χ0n) is 14.8. The molecule has 0 radical (unpaired) electrons. The van der Waals surface area contributed by atoms with Crippen molar-refractivity contribution in [2.45, 2.75) is 82.8 Å². The largest absolute Gasteiger partial charge is 0.389 e. The minimum absolute atomic E-state index is 0.224. The maximum atomic E-state index is 11.7. The Labute approximate surface area is 141 Å². The summed E-state index contributed by atoms with van der Waals surface area (Å²) in [4.78, 5) is 16.3. The van der Waals surface area contributed by atoms with Gasteiger partial charge in [-0.15, -0.1) is 0 Å². The average molecular weight is 322 g/mol. The third kappa shape index (κ3) is 4.27. The topological polar surface area (TPSA) is 43.8 Å². The van der Waals surface area contributed by atoms with Gasteiger partial charge in [-0.3, -0.25) is 9.69 Å². The Hall–Kier alpha value is -0.610. The van der Waals surface area contributed by atoms with E-state index in [9.17, 15) is 9.90 Å². The van der Waals surface area contributed by atoms with Crippen LogP contribution < -0.4 is 0 Å². The highest BCUT2D eigenvalue weighted by Gasteiger charge is 2.39. The van der Waals surface area contributed by atoms with E-state index in [4.69, 9.17) is 0 Å². The van der Waals surface area contributed by atoms with Gasteiger partial charge in [0.15, 0.2) is 0 Å². The van der Waals surface area contributed by atoms with Crippen LogP contribution in [-0.2, 0) is 4.79 Å². The number of carbonyl (C=O) groups is 1. The number of hydrogen-bond donors (Lipinski definition) is 1. The summed E-state index contributed by atoms with van der Waals surface area (Å²) in [6.45, 7) is 5.50. The van der Waals surface area contributed by atoms with Crippen molar-refractivity contribution in [3.05, 3.63) is 0 Å². The smallest absolute Gasteiger partial charge is 0.219 e. The molecule has 2 saturated heterocycles. The fourth-order valence-corrected chi connectivity index (χ4v) is 5.08. The Bertz CT molecular complexity index is 404. The van der Waals surface area contributed by atoms with Crippen LogP contribution in [0.4, 0.5) is 0 Å². The van der Waals surface area contributed by atoms with Gasteiger partial charge in [0.05, 0.1) is 5.60 Å². The number of amides is 1. The van der Waals surface area contributed by atoms with Crippen molar-refractivity contribution in [2.24, 2.45) is 5.92 Å². The van der Waals surface area contributed by atoms with E-state index in [0.717, 1.165) is 45.4 Å². The lowest BCUT2D eigenvalue weighted by Gasteiger charge is -2.45. The first-order chi connectivity index (χ1) is 11.1. The SMILES string of the molecule is CC(=O)N1CC[C@H]2[C@H](CCCCN2CC2(O)CCCCCC2)C1. The molecule has 3 rings (SSSR count). The van der Waals surface area contributed by atoms with Crippen LogP contribution in [0.1, 0.15) is 71.1 Å². The fraction of sp³-hybridized carbons (Fsp3) is 0.947. The van der Waals surface area contributed by atoms with Gasteiger partial charge < -0.3 is 10.0 Å². The molecule has 3 aliphatic rings. The van der Waals surface area contributed by atoms with Gasteiger partial charge in [0.1, 0.15) is 0 Å². The molecule has 2 heterocycles. The molecule has 1 aliphatic carbocycles. The number of likely N-dealkylation sites (tertiary alicyclic amines) is 2. The molecule has 0 spiro atoms. The van der Waals surface area contributed by atoms with Crippen LogP contribution in [0, 0.1) is 5.92 Å². The van der Waals surface area contributed by atoms with E-state index < -0.39 is 5.60 Å². The van der Waals surface area contributed by atoms with E-state index in [2.05, 4.69) is 4.90 Å². The zero-order valence-corrected chi connectivity index (χ0v) is 14.8. The number of aliphatic hydroxyl groups is 1. The summed E-state index contributed by atoms with van der Waals surface area (Å²) in [5.74, 6) is 0.825. The minimum Gasteiger partial charge on any atom is -0.389 e. The van der Waals surface area contributed by atoms with Crippen LogP contribution in [0.3, 0.4) is 0 Å². The highest BCUT2D eigenvalue weighted by atomic mass is 16.3. The molecule has 4 nitrogen and oxygen atoms in total. The molecule has 1 saturated carbocycles. The number of piperidine rings is 1. The number of rotatable bonds is 2. The molecule has 2 aliphatic heterocycles. The summed E-state index contributed by atoms with van der Waals surface area (Å²) in [6, 6.07) is 0.570. The second kappa shape index (κ2) is 7.52. The molecule has 0 aromatic rings. The van der Waals surface area contributed by atoms with E-state index in [1.807, 2.05) is 4.90 Å². The van der Waals surface area contributed by atoms with Crippen LogP contribution in [0.2, 0.25) is 0 Å². The minimum atomic E-state index is -0.469. The second-order valence-electron chi connectivity index (χ2n) is 8.19. The molecule has 0 aromatic heterocycles. The van der Waals surface area contributed by atoms with Crippen molar-refractivity contribution >= 4 is 5.91 Å². The molecular weight excluding hydrogens is 288 g/mol. The monoisotopic (exact) mass is 322 g/mol. The quantitative estimate of drug-likeness (QED) is 0.795. The molecule has 0 aromatic carbocycles. The third-order valence-electron chi connectivity index (χ3n) is 6.41. The molecular formula is C19H34N2O2. The van der Waals surface area contributed by atoms with Gasteiger partial charge in [0.25, 0.3) is 0 Å². The van der Waals surface area contributed by atoms with Crippen molar-refractivity contribution in [2.75, 3.05) is 26.2 Å². The van der Waals surface area contributed by atoms with Gasteiger partial charge in [0.2, 0.25) is 5.91 Å². The molecule has 1 N–H and O–H groups in total. The highest BCUT2D eigenvalue weighted by Crippen LogP contribution is 2.34. The summed E-state index contributed by atoms with van der Waals surface area (Å²) < 4.78 is 0. The number of fused-ring (bicyclic) bond motifs is 1. The van der Waals surface area contributed by atoms with E-state index in [0.29, 0.717) is 12.0 Å². The normalized spacial score (nSPS) is 32.7. The summed E-state index contributed by atoms with van der Waals surface area (Å²) >= 11 is 0. The van der Waals surface area contributed by atoms with Gasteiger partial charge >= 0.3 is 0 Å². The third-order valence-corrected chi connectivity index (χ3v) is 6.41. The molecule has 2 atom stereocenters. The predicted octanol–water partition coefficient (Wildman–Crippen LogP) is 2.79. The fourth-order valence-electron chi connectivity index (χ4n) is 5.08. The number of carbonyl (C=O) groups excluding carboxylic acids is 1. The molecule has 3 fully saturated rings.